The van der Waals surface area contributed by atoms with Gasteiger partial charge in [-0.2, -0.15) is 0 Å². The molecule has 0 unspecified atom stereocenters. The molecule has 178 valence electrons. The maximum absolute atomic E-state index is 13.9. The minimum Gasteiger partial charge on any atom is -0.491 e. The van der Waals surface area contributed by atoms with Gasteiger partial charge in [0.15, 0.2) is 5.78 Å². The molecule has 1 aliphatic rings. The van der Waals surface area contributed by atoms with Crippen LogP contribution in [0.2, 0.25) is 0 Å². The van der Waals surface area contributed by atoms with E-state index in [1.165, 1.54) is 4.90 Å². The van der Waals surface area contributed by atoms with Crippen LogP contribution in [0.15, 0.2) is 42.5 Å². The van der Waals surface area contributed by atoms with Gasteiger partial charge in [-0.05, 0) is 69.2 Å². The van der Waals surface area contributed by atoms with E-state index in [2.05, 4.69) is 4.72 Å². The van der Waals surface area contributed by atoms with E-state index < -0.39 is 45.0 Å². The maximum Gasteiger partial charge on any atom is 0.241 e. The smallest absolute Gasteiger partial charge is 0.241 e. The van der Waals surface area contributed by atoms with Gasteiger partial charge in [0.05, 0.1) is 11.7 Å². The molecule has 3 rings (SSSR count). The first kappa shape index (κ1) is 24.6. The third-order valence-corrected chi connectivity index (χ3v) is 6.40. The summed E-state index contributed by atoms with van der Waals surface area (Å²) in [5, 5.41) is 0. The van der Waals surface area contributed by atoms with Gasteiger partial charge >= 0.3 is 0 Å². The van der Waals surface area contributed by atoms with Crippen molar-refractivity contribution in [2.24, 2.45) is 5.92 Å². The monoisotopic (exact) mass is 480 g/mol. The molecule has 2 aromatic carbocycles. The average molecular weight is 481 g/mol. The Balaban J connectivity index is 1.54. The summed E-state index contributed by atoms with van der Waals surface area (Å²) in [6, 6.07) is 9.06. The zero-order valence-corrected chi connectivity index (χ0v) is 19.2. The number of likely N-dealkylation sites (tertiary alicyclic amines) is 1. The van der Waals surface area contributed by atoms with Gasteiger partial charge < -0.3 is 9.64 Å². The fourth-order valence-corrected chi connectivity index (χ4v) is 4.72. The van der Waals surface area contributed by atoms with Crippen LogP contribution in [0.5, 0.6) is 5.75 Å². The number of sulfonamides is 1. The lowest BCUT2D eigenvalue weighted by molar-refractivity contribution is -0.129. The molecule has 0 spiro atoms. The lowest BCUT2D eigenvalue weighted by atomic mass is 9.88. The number of ether oxygens (including phenoxy) is 1. The summed E-state index contributed by atoms with van der Waals surface area (Å²) in [6.07, 6.45) is 0.467. The molecule has 1 saturated heterocycles. The lowest BCUT2D eigenvalue weighted by Gasteiger charge is -2.31. The van der Waals surface area contributed by atoms with E-state index in [1.807, 2.05) is 13.8 Å². The molecule has 1 N–H and O–H groups in total. The van der Waals surface area contributed by atoms with E-state index in [0.717, 1.165) is 18.2 Å². The summed E-state index contributed by atoms with van der Waals surface area (Å²) < 4.78 is 60.0. The number of Topliss-reactive ketones (excluding diaryl/α,β-unsaturated/α-hetero) is 1. The highest BCUT2D eigenvalue weighted by Crippen LogP contribution is 2.24. The van der Waals surface area contributed by atoms with Crippen LogP contribution in [0.1, 0.15) is 37.0 Å². The highest BCUT2D eigenvalue weighted by molar-refractivity contribution is 7.93. The number of nitrogens with one attached hydrogen (secondary N) is 1. The molecule has 2 aromatic rings. The van der Waals surface area contributed by atoms with Crippen molar-refractivity contribution >= 4 is 27.4 Å². The second kappa shape index (κ2) is 10.3. The van der Waals surface area contributed by atoms with Crippen LogP contribution in [0, 0.1) is 17.6 Å². The summed E-state index contributed by atoms with van der Waals surface area (Å²) in [5.74, 6) is -3.31. The number of anilines is 1. The van der Waals surface area contributed by atoms with E-state index in [0.29, 0.717) is 11.4 Å². The Morgan fingerprint density at radius 1 is 1.09 bits per heavy atom. The van der Waals surface area contributed by atoms with Gasteiger partial charge in [0, 0.05) is 24.7 Å². The molecular weight excluding hydrogens is 454 g/mol. The Kier molecular flexibility index (Phi) is 7.68. The molecule has 33 heavy (non-hydrogen) atoms. The van der Waals surface area contributed by atoms with Gasteiger partial charge in [-0.15, -0.1) is 0 Å². The van der Waals surface area contributed by atoms with Crippen molar-refractivity contribution in [1.82, 2.24) is 4.90 Å². The largest absolute Gasteiger partial charge is 0.491 e. The summed E-state index contributed by atoms with van der Waals surface area (Å²) >= 11 is 0. The molecule has 1 fully saturated rings. The summed E-state index contributed by atoms with van der Waals surface area (Å²) in [5.41, 5.74) is -0.00306. The number of amides is 1. The molecule has 1 aliphatic heterocycles. The van der Waals surface area contributed by atoms with Gasteiger partial charge in [0.1, 0.15) is 23.1 Å². The Bertz CT molecular complexity index is 1110. The number of ketones is 1. The Hall–Kier alpha value is -3.01. The second-order valence-corrected chi connectivity index (χ2v) is 9.92. The Morgan fingerprint density at radius 3 is 2.33 bits per heavy atom. The molecule has 1 amide bonds. The van der Waals surface area contributed by atoms with Gasteiger partial charge in [-0.1, -0.05) is 0 Å². The van der Waals surface area contributed by atoms with Crippen molar-refractivity contribution in [2.75, 3.05) is 23.6 Å². The van der Waals surface area contributed by atoms with Gasteiger partial charge in [-0.3, -0.25) is 14.3 Å². The fraction of sp³-hybridized carbons (Fsp3) is 0.391. The highest BCUT2D eigenvalue weighted by atomic mass is 32.2. The van der Waals surface area contributed by atoms with Crippen molar-refractivity contribution in [2.45, 2.75) is 32.8 Å². The van der Waals surface area contributed by atoms with Crippen LogP contribution >= 0.6 is 0 Å². The molecule has 0 saturated carbocycles. The summed E-state index contributed by atoms with van der Waals surface area (Å²) in [7, 11) is -3.94. The van der Waals surface area contributed by atoms with Crippen molar-refractivity contribution in [3.8, 4) is 5.75 Å². The minimum atomic E-state index is -3.94. The summed E-state index contributed by atoms with van der Waals surface area (Å²) in [4.78, 5) is 26.4. The molecular formula is C23H26F2N2O5S. The zero-order valence-electron chi connectivity index (χ0n) is 18.4. The minimum absolute atomic E-state index is 0.0162. The quantitative estimate of drug-likeness (QED) is 0.583. The first-order valence-corrected chi connectivity index (χ1v) is 12.2. The Morgan fingerprint density at radius 2 is 1.73 bits per heavy atom. The van der Waals surface area contributed by atoms with E-state index >= 15 is 0 Å². The molecule has 10 heteroatoms. The lowest BCUT2D eigenvalue weighted by Crippen LogP contribution is -2.43. The second-order valence-electron chi connectivity index (χ2n) is 8.20. The van der Waals surface area contributed by atoms with E-state index in [4.69, 9.17) is 4.74 Å². The van der Waals surface area contributed by atoms with Crippen molar-refractivity contribution < 1.29 is 31.5 Å². The molecule has 0 radical (unpaired) electrons. The summed E-state index contributed by atoms with van der Waals surface area (Å²) in [6.45, 7) is 4.06. The third kappa shape index (κ3) is 6.74. The zero-order chi connectivity index (χ0) is 24.2. The first-order chi connectivity index (χ1) is 15.5. The number of benzene rings is 2. The highest BCUT2D eigenvalue weighted by Gasteiger charge is 2.31. The molecule has 1 heterocycles. The van der Waals surface area contributed by atoms with Crippen LogP contribution < -0.4 is 9.46 Å². The molecule has 0 aromatic heterocycles. The number of nitrogens with zero attached hydrogens (tertiary/aromatic N) is 1. The van der Waals surface area contributed by atoms with Crippen LogP contribution in [0.4, 0.5) is 14.5 Å². The average Bonchev–Trinajstić information content (AvgIpc) is 2.75. The number of carbonyl (C=O) groups is 2. The SMILES string of the molecule is CC(C)Oc1ccc(NS(=O)(=O)CC(=O)N2CCC(C(=O)c3cc(F)ccc3F)CC2)cc1. The molecule has 0 bridgehead atoms. The molecule has 7 nitrogen and oxygen atoms in total. The van der Waals surface area contributed by atoms with Crippen molar-refractivity contribution in [1.29, 1.82) is 0 Å². The van der Waals surface area contributed by atoms with Crippen LogP contribution in [0.25, 0.3) is 0 Å². The Labute approximate surface area is 191 Å². The number of rotatable bonds is 8. The number of halogens is 2. The van der Waals surface area contributed by atoms with Crippen molar-refractivity contribution in [3.63, 3.8) is 0 Å². The third-order valence-electron chi connectivity index (χ3n) is 5.23. The number of hydrogen-bond donors (Lipinski definition) is 1. The maximum atomic E-state index is 13.9. The number of carbonyl (C=O) groups excluding carboxylic acids is 2. The van der Waals surface area contributed by atoms with Crippen LogP contribution in [0.3, 0.4) is 0 Å². The van der Waals surface area contributed by atoms with E-state index in [-0.39, 0.29) is 37.6 Å². The van der Waals surface area contributed by atoms with Gasteiger partial charge in [0.25, 0.3) is 0 Å². The standard InChI is InChI=1S/C23H26F2N2O5S/c1-15(2)32-19-6-4-18(5-7-19)26-33(30,31)14-22(28)27-11-9-16(10-12-27)23(29)20-13-17(24)3-8-21(20)25/h3-8,13,15-16,26H,9-12,14H2,1-2H3. The van der Waals surface area contributed by atoms with Gasteiger partial charge in [0.2, 0.25) is 15.9 Å². The van der Waals surface area contributed by atoms with Gasteiger partial charge in [-0.25, -0.2) is 17.2 Å². The van der Waals surface area contributed by atoms with E-state index in [9.17, 15) is 26.8 Å². The topological polar surface area (TPSA) is 92.8 Å². The van der Waals surface area contributed by atoms with Crippen molar-refractivity contribution in [3.05, 3.63) is 59.7 Å². The van der Waals surface area contributed by atoms with Crippen LogP contribution in [-0.4, -0.2) is 50.0 Å². The molecule has 0 atom stereocenters. The predicted octanol–water partition coefficient (Wildman–Crippen LogP) is 3.62. The first-order valence-electron chi connectivity index (χ1n) is 10.6. The predicted molar refractivity (Wildman–Crippen MR) is 120 cm³/mol. The number of hydrogen-bond acceptors (Lipinski definition) is 5. The normalized spacial score (nSPS) is 14.9. The number of piperidine rings is 1. The fourth-order valence-electron chi connectivity index (χ4n) is 3.64. The van der Waals surface area contributed by atoms with E-state index in [1.54, 1.807) is 24.3 Å². The van der Waals surface area contributed by atoms with Crippen LogP contribution in [-0.2, 0) is 14.8 Å². The molecule has 0 aliphatic carbocycles.